The van der Waals surface area contributed by atoms with E-state index in [1.54, 1.807) is 0 Å². The predicted molar refractivity (Wildman–Crippen MR) is 81.3 cm³/mol. The molecule has 0 saturated carbocycles. The van der Waals surface area contributed by atoms with Crippen LogP contribution in [0.4, 0.5) is 0 Å². The summed E-state index contributed by atoms with van der Waals surface area (Å²) in [5, 5.41) is 0. The van der Waals surface area contributed by atoms with Crippen LogP contribution in [-0.2, 0) is 0 Å². The number of hydrogen-bond donors (Lipinski definition) is 0. The molecule has 1 aromatic heterocycles. The number of para-hydroxylation sites is 2. The first-order chi connectivity index (χ1) is 9.74. The van der Waals surface area contributed by atoms with E-state index in [0.29, 0.717) is 6.04 Å². The second-order valence-corrected chi connectivity index (χ2v) is 6.07. The number of aromatic nitrogens is 1. The lowest BCUT2D eigenvalue weighted by atomic mass is 10.0. The molecule has 1 radical (unpaired) electrons. The van der Waals surface area contributed by atoms with Gasteiger partial charge in [-0.2, -0.15) is 0 Å². The average Bonchev–Trinajstić information content (AvgIpc) is 2.89. The molecule has 1 unspecified atom stereocenters. The lowest BCUT2D eigenvalue weighted by Gasteiger charge is -2.33. The molecule has 2 aromatic rings. The van der Waals surface area contributed by atoms with Gasteiger partial charge in [0.05, 0.1) is 6.04 Å². The maximum absolute atomic E-state index is 5.97. The Morgan fingerprint density at radius 3 is 3.00 bits per heavy atom. The van der Waals surface area contributed by atoms with Gasteiger partial charge in [-0.3, -0.25) is 4.90 Å². The Bertz CT molecular complexity index is 528. The quantitative estimate of drug-likeness (QED) is 0.834. The molecular formula is C17H23N2O. The van der Waals surface area contributed by atoms with Crippen LogP contribution in [0.2, 0.25) is 0 Å². The van der Waals surface area contributed by atoms with Crippen molar-refractivity contribution in [1.82, 2.24) is 9.88 Å². The van der Waals surface area contributed by atoms with Crippen LogP contribution in [0.1, 0.15) is 45.0 Å². The van der Waals surface area contributed by atoms with Crippen molar-refractivity contribution in [2.24, 2.45) is 5.92 Å². The van der Waals surface area contributed by atoms with Crippen LogP contribution in [0.5, 0.6) is 0 Å². The topological polar surface area (TPSA) is 29.3 Å². The van der Waals surface area contributed by atoms with Gasteiger partial charge in [0.25, 0.3) is 0 Å². The lowest BCUT2D eigenvalue weighted by molar-refractivity contribution is 0.141. The van der Waals surface area contributed by atoms with Gasteiger partial charge in [0.1, 0.15) is 5.52 Å². The zero-order valence-electron chi connectivity index (χ0n) is 12.4. The Hall–Kier alpha value is -1.35. The van der Waals surface area contributed by atoms with E-state index >= 15 is 0 Å². The van der Waals surface area contributed by atoms with E-state index in [4.69, 9.17) is 4.42 Å². The molecule has 2 heterocycles. The van der Waals surface area contributed by atoms with Gasteiger partial charge in [0.15, 0.2) is 5.58 Å². The molecule has 1 atom stereocenters. The van der Waals surface area contributed by atoms with Crippen molar-refractivity contribution in [3.05, 3.63) is 36.6 Å². The minimum absolute atomic E-state index is 0.315. The zero-order valence-corrected chi connectivity index (χ0v) is 12.4. The summed E-state index contributed by atoms with van der Waals surface area (Å²) in [5.74, 6) is 1.62. The Labute approximate surface area is 121 Å². The van der Waals surface area contributed by atoms with Crippen molar-refractivity contribution >= 4 is 11.1 Å². The fourth-order valence-electron chi connectivity index (χ4n) is 2.82. The van der Waals surface area contributed by atoms with Crippen molar-refractivity contribution in [3.8, 4) is 0 Å². The van der Waals surface area contributed by atoms with Crippen LogP contribution in [-0.4, -0.2) is 23.0 Å². The van der Waals surface area contributed by atoms with Crippen molar-refractivity contribution in [2.75, 3.05) is 13.1 Å². The molecule has 1 aliphatic rings. The second kappa shape index (κ2) is 5.96. The summed E-state index contributed by atoms with van der Waals surface area (Å²) in [6.45, 7) is 6.82. The number of oxazole rings is 1. The molecule has 1 aromatic carbocycles. The highest BCUT2D eigenvalue weighted by Gasteiger charge is 2.27. The van der Waals surface area contributed by atoms with Crippen LogP contribution in [0.25, 0.3) is 11.1 Å². The Balaban J connectivity index is 1.81. The van der Waals surface area contributed by atoms with Crippen molar-refractivity contribution in [2.45, 2.75) is 39.2 Å². The van der Waals surface area contributed by atoms with Gasteiger partial charge >= 0.3 is 0 Å². The third-order valence-electron chi connectivity index (χ3n) is 4.04. The fourth-order valence-corrected chi connectivity index (χ4v) is 2.82. The van der Waals surface area contributed by atoms with Gasteiger partial charge in [0.2, 0.25) is 5.89 Å². The largest absolute Gasteiger partial charge is 0.439 e. The number of hydrogen-bond acceptors (Lipinski definition) is 3. The van der Waals surface area contributed by atoms with Crippen LogP contribution in [0.15, 0.2) is 28.7 Å². The molecule has 0 bridgehead atoms. The minimum atomic E-state index is 0.315. The first kappa shape index (κ1) is 13.6. The highest BCUT2D eigenvalue weighted by atomic mass is 16.3. The summed E-state index contributed by atoms with van der Waals surface area (Å²) in [6, 6.07) is 8.35. The monoisotopic (exact) mass is 271 g/mol. The first-order valence-electron chi connectivity index (χ1n) is 7.65. The third kappa shape index (κ3) is 2.88. The third-order valence-corrected chi connectivity index (χ3v) is 4.04. The van der Waals surface area contributed by atoms with E-state index in [0.717, 1.165) is 42.4 Å². The summed E-state index contributed by atoms with van der Waals surface area (Å²) in [7, 11) is 0. The molecule has 3 rings (SSSR count). The molecular weight excluding hydrogens is 248 g/mol. The molecule has 1 saturated heterocycles. The minimum Gasteiger partial charge on any atom is -0.439 e. The fraction of sp³-hybridized carbons (Fsp3) is 0.529. The number of rotatable bonds is 4. The Kier molecular flexibility index (Phi) is 4.06. The first-order valence-corrected chi connectivity index (χ1v) is 7.65. The van der Waals surface area contributed by atoms with Gasteiger partial charge < -0.3 is 4.42 Å². The number of fused-ring (bicyclic) bond motifs is 1. The highest BCUT2D eigenvalue weighted by Crippen LogP contribution is 2.32. The van der Waals surface area contributed by atoms with Gasteiger partial charge in [0, 0.05) is 0 Å². The molecule has 3 nitrogen and oxygen atoms in total. The van der Waals surface area contributed by atoms with Gasteiger partial charge in [-0.25, -0.2) is 4.98 Å². The number of nitrogens with zero attached hydrogens (tertiary/aromatic N) is 2. The van der Waals surface area contributed by atoms with Crippen LogP contribution < -0.4 is 0 Å². The maximum atomic E-state index is 5.97. The van der Waals surface area contributed by atoms with Crippen LogP contribution in [0, 0.1) is 12.3 Å². The second-order valence-electron chi connectivity index (χ2n) is 6.07. The van der Waals surface area contributed by atoms with Crippen LogP contribution >= 0.6 is 0 Å². The molecule has 1 fully saturated rings. The zero-order chi connectivity index (χ0) is 13.9. The van der Waals surface area contributed by atoms with E-state index in [2.05, 4.69) is 30.2 Å². The van der Waals surface area contributed by atoms with E-state index < -0.39 is 0 Å². The summed E-state index contributed by atoms with van der Waals surface area (Å²) in [5.41, 5.74) is 1.87. The molecule has 0 amide bonds. The average molecular weight is 271 g/mol. The van der Waals surface area contributed by atoms with Gasteiger partial charge in [-0.05, 0) is 56.8 Å². The van der Waals surface area contributed by atoms with E-state index in [1.165, 1.54) is 12.8 Å². The molecule has 0 aliphatic carbocycles. The van der Waals surface area contributed by atoms with Crippen molar-refractivity contribution in [1.29, 1.82) is 0 Å². The summed E-state index contributed by atoms with van der Waals surface area (Å²) in [6.07, 6.45) is 5.82. The Morgan fingerprint density at radius 1 is 1.35 bits per heavy atom. The van der Waals surface area contributed by atoms with E-state index in [9.17, 15) is 0 Å². The summed E-state index contributed by atoms with van der Waals surface area (Å²) < 4.78 is 5.97. The van der Waals surface area contributed by atoms with Gasteiger partial charge in [-0.15, -0.1) is 0 Å². The van der Waals surface area contributed by atoms with Crippen molar-refractivity contribution < 1.29 is 4.42 Å². The van der Waals surface area contributed by atoms with E-state index in [-0.39, 0.29) is 0 Å². The summed E-state index contributed by atoms with van der Waals surface area (Å²) in [4.78, 5) is 7.22. The highest BCUT2D eigenvalue weighted by molar-refractivity contribution is 5.72. The standard InChI is InChI=1S/C17H23N2O/c1-13(2)10-12-19-11-6-5-8-15(19)17-18-14-7-3-4-9-16(14)20-17/h3-5,7,9,13,15H,6,8,10-12H2,1-2H3. The Morgan fingerprint density at radius 2 is 2.20 bits per heavy atom. The SMILES string of the molecule is CC(C)CCN1CC[CH]CC1c1nc2ccccc2o1. The molecule has 107 valence electrons. The molecule has 1 aliphatic heterocycles. The number of likely N-dealkylation sites (tertiary alicyclic amines) is 1. The molecule has 0 spiro atoms. The van der Waals surface area contributed by atoms with E-state index in [1.807, 2.05) is 24.3 Å². The molecule has 3 heteroatoms. The normalized spacial score (nSPS) is 20.9. The maximum Gasteiger partial charge on any atom is 0.212 e. The lowest BCUT2D eigenvalue weighted by Crippen LogP contribution is -2.35. The van der Waals surface area contributed by atoms with Gasteiger partial charge in [-0.1, -0.05) is 26.0 Å². The summed E-state index contributed by atoms with van der Waals surface area (Å²) >= 11 is 0. The number of piperidine rings is 1. The van der Waals surface area contributed by atoms with Crippen LogP contribution in [0.3, 0.4) is 0 Å². The smallest absolute Gasteiger partial charge is 0.212 e. The predicted octanol–water partition coefficient (Wildman–Crippen LogP) is 4.22. The number of benzene rings is 1. The molecule has 20 heavy (non-hydrogen) atoms. The van der Waals surface area contributed by atoms with Crippen molar-refractivity contribution in [3.63, 3.8) is 0 Å². The molecule has 0 N–H and O–H groups in total.